The van der Waals surface area contributed by atoms with Crippen molar-refractivity contribution in [2.45, 2.75) is 19.4 Å². The average Bonchev–Trinajstić information content (AvgIpc) is 2.69. The van der Waals surface area contributed by atoms with Crippen LogP contribution in [0.25, 0.3) is 0 Å². The highest BCUT2D eigenvalue weighted by Crippen LogP contribution is 1.97. The molecular weight excluding hydrogens is 182 g/mol. The van der Waals surface area contributed by atoms with Crippen LogP contribution < -0.4 is 5.32 Å². The first kappa shape index (κ1) is 10.7. The number of carbonyl (C=O) groups excluding carboxylic acids is 1. The van der Waals surface area contributed by atoms with E-state index < -0.39 is 0 Å². The number of nitrogens with one attached hydrogen (secondary N) is 2. The molecule has 14 heavy (non-hydrogen) atoms. The van der Waals surface area contributed by atoms with Gasteiger partial charge < -0.3 is 10.1 Å². The number of hydrogen-bond acceptors (Lipinski definition) is 3. The van der Waals surface area contributed by atoms with Crippen LogP contribution in [0.1, 0.15) is 23.7 Å². The van der Waals surface area contributed by atoms with Crippen molar-refractivity contribution < 1.29 is 9.53 Å². The molecule has 0 aliphatic carbocycles. The second kappa shape index (κ2) is 5.39. The first-order valence-electron chi connectivity index (χ1n) is 4.56. The Hall–Kier alpha value is -1.36. The molecule has 5 heteroatoms. The topological polar surface area (TPSA) is 67.0 Å². The maximum Gasteiger partial charge on any atom is 0.254 e. The molecule has 5 nitrogen and oxygen atoms in total. The fourth-order valence-corrected chi connectivity index (χ4v) is 1.11. The van der Waals surface area contributed by atoms with Crippen molar-refractivity contribution in [3.63, 3.8) is 0 Å². The summed E-state index contributed by atoms with van der Waals surface area (Å²) in [6.45, 7) is 2.53. The van der Waals surface area contributed by atoms with Gasteiger partial charge in [-0.15, -0.1) is 0 Å². The lowest BCUT2D eigenvalue weighted by Crippen LogP contribution is -2.37. The van der Waals surface area contributed by atoms with Gasteiger partial charge in [-0.05, 0) is 6.42 Å². The summed E-state index contributed by atoms with van der Waals surface area (Å²) in [4.78, 5) is 11.5. The first-order valence-corrected chi connectivity index (χ1v) is 4.56. The van der Waals surface area contributed by atoms with Crippen molar-refractivity contribution in [2.24, 2.45) is 0 Å². The largest absolute Gasteiger partial charge is 0.383 e. The lowest BCUT2D eigenvalue weighted by molar-refractivity contribution is 0.0894. The highest BCUT2D eigenvalue weighted by molar-refractivity contribution is 5.93. The number of ether oxygens (including phenoxy) is 1. The summed E-state index contributed by atoms with van der Waals surface area (Å²) in [5.74, 6) is -0.123. The van der Waals surface area contributed by atoms with Crippen molar-refractivity contribution >= 4 is 5.91 Å². The molecule has 0 fully saturated rings. The van der Waals surface area contributed by atoms with E-state index in [1.165, 1.54) is 6.20 Å². The normalized spacial score (nSPS) is 12.4. The fraction of sp³-hybridized carbons (Fsp3) is 0.556. The van der Waals surface area contributed by atoms with E-state index in [1.807, 2.05) is 6.92 Å². The van der Waals surface area contributed by atoms with Gasteiger partial charge in [-0.1, -0.05) is 6.92 Å². The highest BCUT2D eigenvalue weighted by atomic mass is 16.5. The standard InChI is InChI=1S/C9H15N3O2/c1-3-8(6-14-2)12-9(13)7-4-10-11-5-7/h4-5,8H,3,6H2,1-2H3,(H,10,11)(H,12,13). The van der Waals surface area contributed by atoms with Crippen LogP contribution in [0.15, 0.2) is 12.4 Å². The molecule has 0 saturated carbocycles. The highest BCUT2D eigenvalue weighted by Gasteiger charge is 2.12. The third kappa shape index (κ3) is 2.85. The van der Waals surface area contributed by atoms with E-state index in [-0.39, 0.29) is 11.9 Å². The quantitative estimate of drug-likeness (QED) is 0.725. The van der Waals surface area contributed by atoms with Gasteiger partial charge in [0.25, 0.3) is 5.91 Å². The van der Waals surface area contributed by atoms with Gasteiger partial charge in [0.15, 0.2) is 0 Å². The molecule has 2 N–H and O–H groups in total. The van der Waals surface area contributed by atoms with Crippen LogP contribution in [0.2, 0.25) is 0 Å². The number of H-pyrrole nitrogens is 1. The molecule has 0 saturated heterocycles. The number of aromatic amines is 1. The SMILES string of the molecule is CCC(COC)NC(=O)c1cn[nH]c1. The van der Waals surface area contributed by atoms with Crippen molar-refractivity contribution in [1.82, 2.24) is 15.5 Å². The van der Waals surface area contributed by atoms with Crippen molar-refractivity contribution in [2.75, 3.05) is 13.7 Å². The van der Waals surface area contributed by atoms with Crippen molar-refractivity contribution in [3.05, 3.63) is 18.0 Å². The molecule has 1 unspecified atom stereocenters. The Labute approximate surface area is 82.8 Å². The van der Waals surface area contributed by atoms with Crippen LogP contribution >= 0.6 is 0 Å². The third-order valence-corrected chi connectivity index (χ3v) is 1.96. The number of nitrogens with zero attached hydrogens (tertiary/aromatic N) is 1. The minimum absolute atomic E-state index is 0.0578. The molecule has 1 amide bonds. The third-order valence-electron chi connectivity index (χ3n) is 1.96. The summed E-state index contributed by atoms with van der Waals surface area (Å²) in [6, 6.07) is 0.0578. The maximum atomic E-state index is 11.5. The second-order valence-electron chi connectivity index (χ2n) is 3.02. The van der Waals surface area contributed by atoms with Crippen molar-refractivity contribution in [3.8, 4) is 0 Å². The van der Waals surface area contributed by atoms with E-state index in [1.54, 1.807) is 13.3 Å². The van der Waals surface area contributed by atoms with E-state index >= 15 is 0 Å². The number of carbonyl (C=O) groups is 1. The minimum Gasteiger partial charge on any atom is -0.383 e. The van der Waals surface area contributed by atoms with E-state index in [0.29, 0.717) is 12.2 Å². The zero-order valence-corrected chi connectivity index (χ0v) is 8.41. The molecule has 0 bridgehead atoms. The van der Waals surface area contributed by atoms with Crippen LogP contribution in [0.4, 0.5) is 0 Å². The van der Waals surface area contributed by atoms with Crippen LogP contribution in [-0.4, -0.2) is 35.9 Å². The van der Waals surface area contributed by atoms with Gasteiger partial charge in [0.1, 0.15) is 0 Å². The van der Waals surface area contributed by atoms with Gasteiger partial charge in [0.05, 0.1) is 24.4 Å². The maximum absolute atomic E-state index is 11.5. The van der Waals surface area contributed by atoms with Gasteiger partial charge in [0, 0.05) is 13.3 Å². The molecule has 0 aromatic carbocycles. The van der Waals surface area contributed by atoms with Crippen molar-refractivity contribution in [1.29, 1.82) is 0 Å². The molecule has 1 heterocycles. The molecule has 1 aromatic heterocycles. The van der Waals surface area contributed by atoms with Crippen LogP contribution in [0.5, 0.6) is 0 Å². The molecule has 0 spiro atoms. The predicted octanol–water partition coefficient (Wildman–Crippen LogP) is 0.564. The molecule has 0 radical (unpaired) electrons. The number of rotatable bonds is 5. The Morgan fingerprint density at radius 2 is 2.57 bits per heavy atom. The molecule has 1 rings (SSSR count). The molecule has 78 valence electrons. The van der Waals surface area contributed by atoms with Crippen LogP contribution in [-0.2, 0) is 4.74 Å². The van der Waals surface area contributed by atoms with Gasteiger partial charge in [-0.25, -0.2) is 0 Å². The minimum atomic E-state index is -0.123. The van der Waals surface area contributed by atoms with E-state index in [4.69, 9.17) is 4.74 Å². The van der Waals surface area contributed by atoms with E-state index in [9.17, 15) is 4.79 Å². The van der Waals surface area contributed by atoms with Crippen LogP contribution in [0.3, 0.4) is 0 Å². The number of hydrogen-bond donors (Lipinski definition) is 2. The summed E-state index contributed by atoms with van der Waals surface area (Å²) in [5, 5.41) is 9.14. The first-order chi connectivity index (χ1) is 6.77. The van der Waals surface area contributed by atoms with Gasteiger partial charge in [0.2, 0.25) is 0 Å². The smallest absolute Gasteiger partial charge is 0.254 e. The number of amides is 1. The van der Waals surface area contributed by atoms with Gasteiger partial charge in [-0.3, -0.25) is 9.89 Å². The lowest BCUT2D eigenvalue weighted by atomic mass is 10.2. The number of aromatic nitrogens is 2. The molecule has 1 aromatic rings. The zero-order chi connectivity index (χ0) is 10.4. The second-order valence-corrected chi connectivity index (χ2v) is 3.02. The monoisotopic (exact) mass is 197 g/mol. The summed E-state index contributed by atoms with van der Waals surface area (Å²) in [7, 11) is 1.62. The Bertz CT molecular complexity index is 272. The Morgan fingerprint density at radius 1 is 1.79 bits per heavy atom. The molecule has 0 aliphatic heterocycles. The molecule has 1 atom stereocenters. The summed E-state index contributed by atoms with van der Waals surface area (Å²) < 4.78 is 4.97. The van der Waals surface area contributed by atoms with Gasteiger partial charge in [-0.2, -0.15) is 5.10 Å². The molecular formula is C9H15N3O2. The fourth-order valence-electron chi connectivity index (χ4n) is 1.11. The Morgan fingerprint density at radius 3 is 3.07 bits per heavy atom. The summed E-state index contributed by atoms with van der Waals surface area (Å²) in [6.07, 6.45) is 3.90. The zero-order valence-electron chi connectivity index (χ0n) is 8.41. The number of methoxy groups -OCH3 is 1. The molecule has 0 aliphatic rings. The van der Waals surface area contributed by atoms with Gasteiger partial charge >= 0.3 is 0 Å². The lowest BCUT2D eigenvalue weighted by Gasteiger charge is -2.14. The van der Waals surface area contributed by atoms with E-state index in [0.717, 1.165) is 6.42 Å². The summed E-state index contributed by atoms with van der Waals surface area (Å²) >= 11 is 0. The summed E-state index contributed by atoms with van der Waals surface area (Å²) in [5.41, 5.74) is 0.541. The predicted molar refractivity (Wildman–Crippen MR) is 52.0 cm³/mol. The van der Waals surface area contributed by atoms with Crippen LogP contribution in [0, 0.1) is 0 Å². The van der Waals surface area contributed by atoms with E-state index in [2.05, 4.69) is 15.5 Å². The average molecular weight is 197 g/mol. The Balaban J connectivity index is 2.47. The Kier molecular flexibility index (Phi) is 4.12.